The summed E-state index contributed by atoms with van der Waals surface area (Å²) in [6, 6.07) is 96.8. The lowest BCUT2D eigenvalue weighted by atomic mass is 9.43. The van der Waals surface area contributed by atoms with E-state index in [0.29, 0.717) is 0 Å². The lowest BCUT2D eigenvalue weighted by Gasteiger charge is -2.46. The van der Waals surface area contributed by atoms with Gasteiger partial charge in [0.05, 0.1) is 11.1 Å². The van der Waals surface area contributed by atoms with Crippen LogP contribution < -0.4 is 25.5 Å². The Morgan fingerprint density at radius 2 is 0.901 bits per heavy atom. The van der Waals surface area contributed by atoms with Crippen molar-refractivity contribution in [1.29, 1.82) is 0 Å². The van der Waals surface area contributed by atoms with Crippen LogP contribution in [-0.2, 0) is 0 Å². The van der Waals surface area contributed by atoms with E-state index >= 15 is 0 Å². The molecule has 2 aliphatic rings. The molecule has 3 heterocycles. The highest BCUT2D eigenvalue weighted by molar-refractivity contribution is 6.94. The number of fused-ring (bicyclic) bond motifs is 8. The Balaban J connectivity index is 1.10. The van der Waals surface area contributed by atoms with Crippen LogP contribution >= 0.6 is 0 Å². The molecular weight excluding hydrogens is 862 g/mol. The topological polar surface area (TPSA) is 22.9 Å². The van der Waals surface area contributed by atoms with Crippen molar-refractivity contribution in [3.05, 3.63) is 267 Å². The molecule has 0 unspecified atom stereocenters. The first-order valence-corrected chi connectivity index (χ1v) is 24.4. The van der Waals surface area contributed by atoms with Crippen LogP contribution in [0.1, 0.15) is 0 Å². The molecule has 1 aromatic heterocycles. The fourth-order valence-corrected chi connectivity index (χ4v) is 11.2. The van der Waals surface area contributed by atoms with Gasteiger partial charge >= 0.3 is 6.85 Å². The van der Waals surface area contributed by atoms with Crippen LogP contribution in [0.5, 0.6) is 0 Å². The molecule has 4 nitrogen and oxygen atoms in total. The number of hydrogen-bond acceptors (Lipinski definition) is 4. The Morgan fingerprint density at radius 1 is 0.352 bits per heavy atom. The van der Waals surface area contributed by atoms with Crippen molar-refractivity contribution in [1.82, 2.24) is 0 Å². The number of anilines is 8. The van der Waals surface area contributed by atoms with Gasteiger partial charge in [0.25, 0.3) is 0 Å². The maximum absolute atomic E-state index is 7.00. The van der Waals surface area contributed by atoms with Crippen molar-refractivity contribution in [3.63, 3.8) is 0 Å². The van der Waals surface area contributed by atoms with Crippen molar-refractivity contribution in [2.75, 3.05) is 14.6 Å². The summed E-state index contributed by atoms with van der Waals surface area (Å²) >= 11 is 0. The molecule has 0 bridgehead atoms. The van der Waals surface area contributed by atoms with Gasteiger partial charge in [-0.15, -0.1) is 0 Å². The Labute approximate surface area is 413 Å². The standard InChI is InChI=1S/C66H44BN3O/c1-6-19-45(20-7-1)48-33-36-53(37-34-48)69-61-43-54(68(51-26-12-4-13-27-51)52-28-14-5-15-29-52)38-39-59(61)67-65-58(44-63-64(66(65)69)56-31-16-17-32-62(56)71-63)57-42-50(47-23-10-3-11-24-47)35-40-60(57)70(67)55-30-18-25-49(41-55)46-21-8-2-9-22-46/h1-44H. The van der Waals surface area contributed by atoms with Gasteiger partial charge < -0.3 is 19.0 Å². The lowest BCUT2D eigenvalue weighted by Crippen LogP contribution is -2.61. The maximum atomic E-state index is 7.00. The predicted molar refractivity (Wildman–Crippen MR) is 298 cm³/mol. The summed E-state index contributed by atoms with van der Waals surface area (Å²) in [6.45, 7) is -0.232. The summed E-state index contributed by atoms with van der Waals surface area (Å²) in [6.07, 6.45) is 0. The normalized spacial score (nSPS) is 12.4. The summed E-state index contributed by atoms with van der Waals surface area (Å²) in [4.78, 5) is 7.51. The maximum Gasteiger partial charge on any atom is 0.333 e. The summed E-state index contributed by atoms with van der Waals surface area (Å²) < 4.78 is 7.00. The lowest BCUT2D eigenvalue weighted by molar-refractivity contribution is 0.669. The number of hydrogen-bond donors (Lipinski definition) is 0. The molecule has 11 aromatic carbocycles. The van der Waals surface area contributed by atoms with Crippen LogP contribution in [0.4, 0.5) is 45.5 Å². The third kappa shape index (κ3) is 6.77. The molecule has 332 valence electrons. The Bertz CT molecular complexity index is 3900. The van der Waals surface area contributed by atoms with Crippen LogP contribution in [0.25, 0.3) is 66.4 Å². The van der Waals surface area contributed by atoms with Crippen molar-refractivity contribution in [2.45, 2.75) is 0 Å². The summed E-state index contributed by atoms with van der Waals surface area (Å²) in [5.74, 6) is 0. The van der Waals surface area contributed by atoms with Crippen molar-refractivity contribution in [3.8, 4) is 44.5 Å². The molecular formula is C66H44BN3O. The molecule has 0 amide bonds. The van der Waals surface area contributed by atoms with Gasteiger partial charge in [-0.1, -0.05) is 182 Å². The van der Waals surface area contributed by atoms with Gasteiger partial charge in [0.2, 0.25) is 0 Å². The minimum atomic E-state index is -0.232. The van der Waals surface area contributed by atoms with Crippen LogP contribution in [0.2, 0.25) is 0 Å². The van der Waals surface area contributed by atoms with E-state index in [0.717, 1.165) is 84.1 Å². The van der Waals surface area contributed by atoms with E-state index in [9.17, 15) is 0 Å². The van der Waals surface area contributed by atoms with E-state index in [1.54, 1.807) is 0 Å². The van der Waals surface area contributed by atoms with E-state index < -0.39 is 0 Å². The largest absolute Gasteiger partial charge is 0.456 e. The average molecular weight is 906 g/mol. The number of furan rings is 1. The van der Waals surface area contributed by atoms with Crippen LogP contribution in [0.3, 0.4) is 0 Å². The third-order valence-corrected chi connectivity index (χ3v) is 14.4. The molecule has 0 atom stereocenters. The minimum Gasteiger partial charge on any atom is -0.456 e. The van der Waals surface area contributed by atoms with Gasteiger partial charge in [-0.05, 0) is 135 Å². The number of rotatable bonds is 8. The second kappa shape index (κ2) is 16.7. The minimum absolute atomic E-state index is 0.232. The summed E-state index contributed by atoms with van der Waals surface area (Å²) in [7, 11) is 0. The Kier molecular flexibility index (Phi) is 9.59. The van der Waals surface area contributed by atoms with Gasteiger partial charge in [-0.3, -0.25) is 0 Å². The SMILES string of the molecule is c1ccc(-c2ccc(N3c4cc(N(c5ccccc5)c5ccccc5)ccc4B4c5c(cc6oc7ccccc7c6c53)-c3cc(-c5ccccc5)ccc3N4c3cccc(-c4ccccc4)c3)cc2)cc1. The molecule has 0 fully saturated rings. The van der Waals surface area contributed by atoms with Gasteiger partial charge in [0, 0.05) is 50.8 Å². The fraction of sp³-hybridized carbons (Fsp3) is 0. The van der Waals surface area contributed by atoms with Crippen molar-refractivity contribution < 1.29 is 4.42 Å². The number of para-hydroxylation sites is 3. The monoisotopic (exact) mass is 905 g/mol. The smallest absolute Gasteiger partial charge is 0.333 e. The second-order valence-electron chi connectivity index (χ2n) is 18.4. The first kappa shape index (κ1) is 40.7. The van der Waals surface area contributed by atoms with Gasteiger partial charge in [0.1, 0.15) is 11.2 Å². The van der Waals surface area contributed by atoms with E-state index in [2.05, 4.69) is 282 Å². The zero-order chi connectivity index (χ0) is 46.8. The zero-order valence-corrected chi connectivity index (χ0v) is 38.7. The third-order valence-electron chi connectivity index (χ3n) is 14.4. The predicted octanol–water partition coefficient (Wildman–Crippen LogP) is 16.8. The van der Waals surface area contributed by atoms with Crippen molar-refractivity contribution in [2.24, 2.45) is 0 Å². The van der Waals surface area contributed by atoms with Crippen LogP contribution in [-0.4, -0.2) is 6.85 Å². The molecule has 71 heavy (non-hydrogen) atoms. The summed E-state index contributed by atoms with van der Waals surface area (Å²) in [5.41, 5.74) is 22.3. The van der Waals surface area contributed by atoms with Gasteiger partial charge in [-0.25, -0.2) is 0 Å². The highest BCUT2D eigenvalue weighted by Gasteiger charge is 2.47. The number of nitrogens with zero attached hydrogens (tertiary/aromatic N) is 3. The highest BCUT2D eigenvalue weighted by atomic mass is 16.3. The quantitative estimate of drug-likeness (QED) is 0.142. The van der Waals surface area contributed by atoms with E-state index in [1.165, 1.54) is 38.7 Å². The molecule has 0 aliphatic carbocycles. The fourth-order valence-electron chi connectivity index (χ4n) is 11.2. The zero-order valence-electron chi connectivity index (χ0n) is 38.7. The van der Waals surface area contributed by atoms with Crippen molar-refractivity contribution >= 4 is 85.2 Å². The first-order chi connectivity index (χ1) is 35.2. The summed E-state index contributed by atoms with van der Waals surface area (Å²) in [5, 5.41) is 2.18. The Morgan fingerprint density at radius 3 is 1.56 bits per heavy atom. The van der Waals surface area contributed by atoms with E-state index in [-0.39, 0.29) is 6.85 Å². The molecule has 2 aliphatic heterocycles. The van der Waals surface area contributed by atoms with Gasteiger partial charge in [-0.2, -0.15) is 0 Å². The molecule has 14 rings (SSSR count). The van der Waals surface area contributed by atoms with E-state index in [4.69, 9.17) is 4.42 Å². The molecule has 0 saturated heterocycles. The van der Waals surface area contributed by atoms with Gasteiger partial charge in [0.15, 0.2) is 0 Å². The molecule has 12 aromatic rings. The van der Waals surface area contributed by atoms with Crippen LogP contribution in [0, 0.1) is 0 Å². The molecule has 0 radical (unpaired) electrons. The second-order valence-corrected chi connectivity index (χ2v) is 18.4. The molecule has 0 saturated carbocycles. The molecule has 0 N–H and O–H groups in total. The van der Waals surface area contributed by atoms with E-state index in [1.807, 2.05) is 0 Å². The first-order valence-electron chi connectivity index (χ1n) is 24.4. The average Bonchev–Trinajstić information content (AvgIpc) is 3.83. The Hall–Kier alpha value is -9.32. The molecule has 5 heteroatoms. The van der Waals surface area contributed by atoms with Crippen LogP contribution in [0.15, 0.2) is 271 Å². The number of benzene rings is 11. The highest BCUT2D eigenvalue weighted by Crippen LogP contribution is 2.52. The molecule has 0 spiro atoms.